The summed E-state index contributed by atoms with van der Waals surface area (Å²) >= 11 is 0. The predicted octanol–water partition coefficient (Wildman–Crippen LogP) is 3.25. The molecule has 0 aromatic heterocycles. The molecule has 0 saturated carbocycles. The van der Waals surface area contributed by atoms with Crippen LogP contribution >= 0.6 is 0 Å². The molecule has 27 heavy (non-hydrogen) atoms. The van der Waals surface area contributed by atoms with Crippen molar-refractivity contribution in [2.75, 3.05) is 52.9 Å². The number of rotatable bonds is 10. The van der Waals surface area contributed by atoms with Crippen LogP contribution in [0.25, 0.3) is 0 Å². The van der Waals surface area contributed by atoms with E-state index in [0.717, 1.165) is 18.2 Å². The summed E-state index contributed by atoms with van der Waals surface area (Å²) in [7, 11) is 1.76. The average Bonchev–Trinajstić information content (AvgIpc) is 2.98. The lowest BCUT2D eigenvalue weighted by Gasteiger charge is -2.25. The number of aryl methyl sites for hydroxylation is 1. The Hall–Kier alpha value is -1.10. The molecule has 1 aliphatic heterocycles. The molecule has 1 fully saturated rings. The van der Waals surface area contributed by atoms with Gasteiger partial charge < -0.3 is 20.3 Å². The SMILES string of the molecule is COc1ccc2c(c1)CC(CCCNCCCCN1CCCNCC1)CC2. The van der Waals surface area contributed by atoms with Gasteiger partial charge in [0, 0.05) is 13.1 Å². The quantitative estimate of drug-likeness (QED) is 0.617. The van der Waals surface area contributed by atoms with Crippen LogP contribution in [0.15, 0.2) is 18.2 Å². The second-order valence-corrected chi connectivity index (χ2v) is 8.29. The number of methoxy groups -OCH3 is 1. The van der Waals surface area contributed by atoms with Crippen LogP contribution in [0.4, 0.5) is 0 Å². The van der Waals surface area contributed by atoms with E-state index in [1.807, 2.05) is 0 Å². The highest BCUT2D eigenvalue weighted by atomic mass is 16.5. The molecule has 4 nitrogen and oxygen atoms in total. The topological polar surface area (TPSA) is 36.5 Å². The molecule has 0 bridgehead atoms. The predicted molar refractivity (Wildman–Crippen MR) is 114 cm³/mol. The Morgan fingerprint density at radius 3 is 2.96 bits per heavy atom. The molecule has 0 spiro atoms. The minimum absolute atomic E-state index is 0.850. The van der Waals surface area contributed by atoms with Crippen LogP contribution in [0, 0.1) is 5.92 Å². The van der Waals surface area contributed by atoms with Crippen molar-refractivity contribution < 1.29 is 4.74 Å². The van der Waals surface area contributed by atoms with Crippen LogP contribution in [0.5, 0.6) is 5.75 Å². The van der Waals surface area contributed by atoms with Crippen molar-refractivity contribution in [2.45, 2.75) is 51.4 Å². The van der Waals surface area contributed by atoms with E-state index in [9.17, 15) is 0 Å². The Balaban J connectivity index is 1.21. The zero-order valence-electron chi connectivity index (χ0n) is 17.3. The summed E-state index contributed by atoms with van der Waals surface area (Å²) in [6, 6.07) is 6.61. The molecular weight excluding hydrogens is 334 g/mol. The molecule has 0 radical (unpaired) electrons. The fraction of sp³-hybridized carbons (Fsp3) is 0.739. The molecule has 2 aliphatic rings. The Morgan fingerprint density at radius 1 is 1.11 bits per heavy atom. The van der Waals surface area contributed by atoms with Gasteiger partial charge in [0.15, 0.2) is 0 Å². The van der Waals surface area contributed by atoms with Gasteiger partial charge in [-0.25, -0.2) is 0 Å². The lowest BCUT2D eigenvalue weighted by Crippen LogP contribution is -2.29. The van der Waals surface area contributed by atoms with E-state index in [1.165, 1.54) is 102 Å². The average molecular weight is 374 g/mol. The first kappa shape index (κ1) is 20.6. The van der Waals surface area contributed by atoms with E-state index in [4.69, 9.17) is 4.74 Å². The van der Waals surface area contributed by atoms with Crippen molar-refractivity contribution in [3.63, 3.8) is 0 Å². The number of hydrogen-bond acceptors (Lipinski definition) is 4. The van der Waals surface area contributed by atoms with Gasteiger partial charge in [0.1, 0.15) is 5.75 Å². The Labute approximate surface area is 166 Å². The highest BCUT2D eigenvalue weighted by Gasteiger charge is 2.18. The number of ether oxygens (including phenoxy) is 1. The molecule has 0 amide bonds. The van der Waals surface area contributed by atoms with E-state index in [0.29, 0.717) is 0 Å². The molecule has 1 aromatic carbocycles. The van der Waals surface area contributed by atoms with E-state index < -0.39 is 0 Å². The molecular formula is C23H39N3O. The summed E-state index contributed by atoms with van der Waals surface area (Å²) in [5, 5.41) is 7.14. The summed E-state index contributed by atoms with van der Waals surface area (Å²) in [6.45, 7) is 8.48. The maximum atomic E-state index is 5.39. The first-order chi connectivity index (χ1) is 13.3. The Bertz CT molecular complexity index is 540. The van der Waals surface area contributed by atoms with Crippen molar-refractivity contribution in [1.82, 2.24) is 15.5 Å². The van der Waals surface area contributed by atoms with E-state index in [2.05, 4.69) is 33.7 Å². The smallest absolute Gasteiger partial charge is 0.119 e. The van der Waals surface area contributed by atoms with Crippen LogP contribution in [0.3, 0.4) is 0 Å². The number of fused-ring (bicyclic) bond motifs is 1. The summed E-state index contributed by atoms with van der Waals surface area (Å²) in [4.78, 5) is 2.62. The fourth-order valence-electron chi connectivity index (χ4n) is 4.53. The van der Waals surface area contributed by atoms with Gasteiger partial charge >= 0.3 is 0 Å². The molecule has 1 heterocycles. The van der Waals surface area contributed by atoms with Gasteiger partial charge in [0.05, 0.1) is 7.11 Å². The standard InChI is InChI=1S/C23H39N3O/c1-27-23-10-9-21-8-7-20(18-22(21)19-23)6-4-12-24-11-2-3-15-26-16-5-13-25-14-17-26/h9-10,19-20,24-25H,2-8,11-18H2,1H3. The molecule has 152 valence electrons. The minimum Gasteiger partial charge on any atom is -0.497 e. The van der Waals surface area contributed by atoms with Gasteiger partial charge in [-0.2, -0.15) is 0 Å². The van der Waals surface area contributed by atoms with Crippen LogP contribution in [0.2, 0.25) is 0 Å². The highest BCUT2D eigenvalue weighted by Crippen LogP contribution is 2.30. The van der Waals surface area contributed by atoms with Gasteiger partial charge in [-0.3, -0.25) is 0 Å². The summed E-state index contributed by atoms with van der Waals surface area (Å²) < 4.78 is 5.39. The lowest BCUT2D eigenvalue weighted by molar-refractivity contribution is 0.285. The first-order valence-electron chi connectivity index (χ1n) is 11.1. The second kappa shape index (κ2) is 11.7. The van der Waals surface area contributed by atoms with Crippen molar-refractivity contribution >= 4 is 0 Å². The van der Waals surface area contributed by atoms with E-state index >= 15 is 0 Å². The molecule has 1 aliphatic carbocycles. The van der Waals surface area contributed by atoms with Crippen molar-refractivity contribution in [1.29, 1.82) is 0 Å². The number of hydrogen-bond donors (Lipinski definition) is 2. The van der Waals surface area contributed by atoms with Crippen molar-refractivity contribution in [2.24, 2.45) is 5.92 Å². The van der Waals surface area contributed by atoms with E-state index in [-0.39, 0.29) is 0 Å². The van der Waals surface area contributed by atoms with Gasteiger partial charge in [0.2, 0.25) is 0 Å². The van der Waals surface area contributed by atoms with Gasteiger partial charge in [0.25, 0.3) is 0 Å². The van der Waals surface area contributed by atoms with Crippen LogP contribution < -0.4 is 15.4 Å². The molecule has 1 unspecified atom stereocenters. The Morgan fingerprint density at radius 2 is 2.04 bits per heavy atom. The monoisotopic (exact) mass is 373 g/mol. The highest BCUT2D eigenvalue weighted by molar-refractivity contribution is 5.37. The maximum Gasteiger partial charge on any atom is 0.119 e. The van der Waals surface area contributed by atoms with Crippen molar-refractivity contribution in [3.05, 3.63) is 29.3 Å². The molecule has 3 rings (SSSR count). The van der Waals surface area contributed by atoms with Gasteiger partial charge in [-0.1, -0.05) is 6.07 Å². The lowest BCUT2D eigenvalue weighted by atomic mass is 9.81. The van der Waals surface area contributed by atoms with Gasteiger partial charge in [-0.05, 0) is 113 Å². The first-order valence-corrected chi connectivity index (χ1v) is 11.1. The normalized spacial score (nSPS) is 20.9. The maximum absolute atomic E-state index is 5.39. The van der Waals surface area contributed by atoms with Crippen LogP contribution in [-0.4, -0.2) is 57.8 Å². The number of nitrogens with one attached hydrogen (secondary N) is 2. The van der Waals surface area contributed by atoms with Crippen LogP contribution in [0.1, 0.15) is 49.7 Å². The molecule has 2 N–H and O–H groups in total. The molecule has 1 aromatic rings. The zero-order valence-corrected chi connectivity index (χ0v) is 17.3. The van der Waals surface area contributed by atoms with Crippen LogP contribution in [-0.2, 0) is 12.8 Å². The zero-order chi connectivity index (χ0) is 18.7. The van der Waals surface area contributed by atoms with Gasteiger partial charge in [-0.15, -0.1) is 0 Å². The minimum atomic E-state index is 0.850. The summed E-state index contributed by atoms with van der Waals surface area (Å²) in [5.41, 5.74) is 3.05. The number of nitrogens with zero attached hydrogens (tertiary/aromatic N) is 1. The third kappa shape index (κ3) is 7.10. The largest absolute Gasteiger partial charge is 0.497 e. The number of unbranched alkanes of at least 4 members (excludes halogenated alkanes) is 1. The second-order valence-electron chi connectivity index (χ2n) is 8.29. The molecule has 1 saturated heterocycles. The molecule has 1 atom stereocenters. The Kier molecular flexibility index (Phi) is 8.92. The summed E-state index contributed by atoms with van der Waals surface area (Å²) in [5.74, 6) is 1.86. The number of benzene rings is 1. The fourth-order valence-corrected chi connectivity index (χ4v) is 4.53. The third-order valence-corrected chi connectivity index (χ3v) is 6.22. The third-order valence-electron chi connectivity index (χ3n) is 6.22. The van der Waals surface area contributed by atoms with Crippen molar-refractivity contribution in [3.8, 4) is 5.75 Å². The molecule has 4 heteroatoms. The van der Waals surface area contributed by atoms with E-state index in [1.54, 1.807) is 7.11 Å². The summed E-state index contributed by atoms with van der Waals surface area (Å²) in [6.07, 6.45) is 10.4.